The summed E-state index contributed by atoms with van der Waals surface area (Å²) < 4.78 is 24.9. The van der Waals surface area contributed by atoms with E-state index in [4.69, 9.17) is 0 Å². The lowest BCUT2D eigenvalue weighted by Gasteiger charge is -2.23. The topological polar surface area (TPSA) is 97.7 Å². The number of aromatic amines is 1. The predicted octanol–water partition coefficient (Wildman–Crippen LogP) is -0.0383. The number of nitrogens with zero attached hydrogens (tertiary/aromatic N) is 3. The maximum Gasteiger partial charge on any atom is 0.262 e. The Bertz CT molecular complexity index is 820. The molecule has 7 nitrogen and oxygen atoms in total. The number of sulfone groups is 1. The average molecular weight is 282 g/mol. The molecule has 0 aromatic carbocycles. The van der Waals surface area contributed by atoms with E-state index in [2.05, 4.69) is 15.1 Å². The number of aryl methyl sites for hydroxylation is 1. The van der Waals surface area contributed by atoms with E-state index >= 15 is 0 Å². The Labute approximate surface area is 109 Å². The van der Waals surface area contributed by atoms with Crippen LogP contribution >= 0.6 is 0 Å². The number of hydrogen-bond acceptors (Lipinski definition) is 5. The zero-order valence-corrected chi connectivity index (χ0v) is 11.5. The molecule has 19 heavy (non-hydrogen) atoms. The van der Waals surface area contributed by atoms with Crippen LogP contribution in [0.25, 0.3) is 11.0 Å². The predicted molar refractivity (Wildman–Crippen MR) is 69.8 cm³/mol. The zero-order chi connectivity index (χ0) is 13.8. The molecule has 3 rings (SSSR count). The molecule has 1 N–H and O–H groups in total. The largest absolute Gasteiger partial charge is 0.310 e. The van der Waals surface area contributed by atoms with Gasteiger partial charge in [0.15, 0.2) is 15.5 Å². The molecule has 1 unspecified atom stereocenters. The minimum Gasteiger partial charge on any atom is -0.310 e. The number of nitrogens with one attached hydrogen (secondary N) is 1. The summed E-state index contributed by atoms with van der Waals surface area (Å²) in [4.78, 5) is 18.7. The van der Waals surface area contributed by atoms with Crippen LogP contribution in [0.3, 0.4) is 0 Å². The summed E-state index contributed by atoms with van der Waals surface area (Å²) in [6.45, 7) is 3.52. The Morgan fingerprint density at radius 2 is 2.21 bits per heavy atom. The molecule has 1 atom stereocenters. The highest BCUT2D eigenvalue weighted by molar-refractivity contribution is 7.91. The fourth-order valence-corrected chi connectivity index (χ4v) is 4.69. The van der Waals surface area contributed by atoms with Crippen LogP contribution < -0.4 is 5.56 Å². The molecule has 1 aliphatic rings. The van der Waals surface area contributed by atoms with Crippen molar-refractivity contribution < 1.29 is 8.42 Å². The molecule has 2 aromatic rings. The number of rotatable bonds is 1. The molecule has 0 spiro atoms. The molecule has 1 aliphatic heterocycles. The molecule has 3 heterocycles. The van der Waals surface area contributed by atoms with Crippen molar-refractivity contribution >= 4 is 20.9 Å². The first kappa shape index (κ1) is 12.3. The van der Waals surface area contributed by atoms with Crippen molar-refractivity contribution in [1.29, 1.82) is 0 Å². The van der Waals surface area contributed by atoms with Crippen molar-refractivity contribution in [3.8, 4) is 0 Å². The van der Waals surface area contributed by atoms with Crippen molar-refractivity contribution in [2.24, 2.45) is 0 Å². The Morgan fingerprint density at radius 3 is 2.84 bits per heavy atom. The first-order chi connectivity index (χ1) is 8.81. The van der Waals surface area contributed by atoms with Gasteiger partial charge in [-0.1, -0.05) is 0 Å². The first-order valence-corrected chi connectivity index (χ1v) is 7.78. The Hall–Kier alpha value is -1.70. The highest BCUT2D eigenvalue weighted by atomic mass is 32.2. The SMILES string of the molecule is Cc1nc2c(cnn2C2(C)CCS(=O)(=O)C2)c(=O)[nH]1. The van der Waals surface area contributed by atoms with Gasteiger partial charge >= 0.3 is 0 Å². The van der Waals surface area contributed by atoms with E-state index in [0.717, 1.165) is 0 Å². The highest BCUT2D eigenvalue weighted by Gasteiger charge is 2.41. The normalized spacial score (nSPS) is 26.0. The number of fused-ring (bicyclic) bond motifs is 1. The second kappa shape index (κ2) is 3.66. The molecule has 1 fully saturated rings. The van der Waals surface area contributed by atoms with Crippen LogP contribution in [-0.2, 0) is 15.4 Å². The second-order valence-corrected chi connectivity index (χ2v) is 7.47. The zero-order valence-electron chi connectivity index (χ0n) is 10.7. The number of hydrogen-bond donors (Lipinski definition) is 1. The molecule has 8 heteroatoms. The molecule has 0 amide bonds. The summed E-state index contributed by atoms with van der Waals surface area (Å²) in [6, 6.07) is 0. The van der Waals surface area contributed by atoms with Gasteiger partial charge in [-0.25, -0.2) is 18.1 Å². The van der Waals surface area contributed by atoms with E-state index in [0.29, 0.717) is 23.3 Å². The van der Waals surface area contributed by atoms with Gasteiger partial charge in [-0.05, 0) is 20.3 Å². The van der Waals surface area contributed by atoms with Gasteiger partial charge in [0, 0.05) is 0 Å². The Kier molecular flexibility index (Phi) is 2.38. The van der Waals surface area contributed by atoms with Gasteiger partial charge in [0.1, 0.15) is 11.2 Å². The first-order valence-electron chi connectivity index (χ1n) is 5.96. The van der Waals surface area contributed by atoms with Crippen LogP contribution in [0.1, 0.15) is 19.2 Å². The van der Waals surface area contributed by atoms with E-state index in [1.165, 1.54) is 6.20 Å². The highest BCUT2D eigenvalue weighted by Crippen LogP contribution is 2.31. The maximum absolute atomic E-state index is 11.8. The van der Waals surface area contributed by atoms with Crippen molar-refractivity contribution in [3.63, 3.8) is 0 Å². The molecule has 102 valence electrons. The van der Waals surface area contributed by atoms with E-state index in [1.54, 1.807) is 11.6 Å². The molecular weight excluding hydrogens is 268 g/mol. The van der Waals surface area contributed by atoms with Crippen LogP contribution in [0.2, 0.25) is 0 Å². The Morgan fingerprint density at radius 1 is 1.47 bits per heavy atom. The molecule has 0 saturated carbocycles. The van der Waals surface area contributed by atoms with Gasteiger partial charge in [-0.3, -0.25) is 4.79 Å². The molecule has 2 aromatic heterocycles. The Balaban J connectivity index is 2.25. The quantitative estimate of drug-likeness (QED) is 0.791. The third-order valence-electron chi connectivity index (χ3n) is 3.55. The lowest BCUT2D eigenvalue weighted by atomic mass is 10.0. The van der Waals surface area contributed by atoms with E-state index in [9.17, 15) is 13.2 Å². The van der Waals surface area contributed by atoms with Crippen LogP contribution in [0, 0.1) is 6.92 Å². The summed E-state index contributed by atoms with van der Waals surface area (Å²) in [7, 11) is -3.04. The monoisotopic (exact) mass is 282 g/mol. The molecular formula is C11H14N4O3S. The standard InChI is InChI=1S/C11H14N4O3S/c1-7-13-9-8(10(16)14-7)5-12-15(9)11(2)3-4-19(17,18)6-11/h5H,3-4,6H2,1-2H3,(H,13,14,16). The van der Waals surface area contributed by atoms with Crippen LogP contribution in [0.5, 0.6) is 0 Å². The van der Waals surface area contributed by atoms with Gasteiger partial charge in [-0.15, -0.1) is 0 Å². The molecule has 0 radical (unpaired) electrons. The summed E-state index contributed by atoms with van der Waals surface area (Å²) >= 11 is 0. The lowest BCUT2D eigenvalue weighted by Crippen LogP contribution is -2.32. The fraction of sp³-hybridized carbons (Fsp3) is 0.545. The van der Waals surface area contributed by atoms with Gasteiger partial charge in [-0.2, -0.15) is 5.10 Å². The minimum atomic E-state index is -3.04. The number of H-pyrrole nitrogens is 1. The second-order valence-electron chi connectivity index (χ2n) is 5.28. The third-order valence-corrected chi connectivity index (χ3v) is 5.44. The summed E-state index contributed by atoms with van der Waals surface area (Å²) in [5, 5.41) is 4.57. The van der Waals surface area contributed by atoms with Gasteiger partial charge in [0.2, 0.25) is 0 Å². The van der Waals surface area contributed by atoms with E-state index in [-0.39, 0.29) is 17.1 Å². The van der Waals surface area contributed by atoms with E-state index < -0.39 is 15.4 Å². The van der Waals surface area contributed by atoms with Crippen molar-refractivity contribution in [3.05, 3.63) is 22.4 Å². The van der Waals surface area contributed by atoms with Crippen molar-refractivity contribution in [2.45, 2.75) is 25.8 Å². The van der Waals surface area contributed by atoms with Gasteiger partial charge in [0.25, 0.3) is 5.56 Å². The van der Waals surface area contributed by atoms with Gasteiger partial charge in [0.05, 0.1) is 23.2 Å². The minimum absolute atomic E-state index is 0.0321. The van der Waals surface area contributed by atoms with E-state index in [1.807, 2.05) is 6.92 Å². The van der Waals surface area contributed by atoms with Crippen LogP contribution in [-0.4, -0.2) is 39.7 Å². The van der Waals surface area contributed by atoms with Crippen LogP contribution in [0.4, 0.5) is 0 Å². The molecule has 1 saturated heterocycles. The smallest absolute Gasteiger partial charge is 0.262 e. The summed E-state index contributed by atoms with van der Waals surface area (Å²) in [5.41, 5.74) is -0.438. The average Bonchev–Trinajstić information content (AvgIpc) is 2.81. The van der Waals surface area contributed by atoms with Crippen LogP contribution in [0.15, 0.2) is 11.0 Å². The van der Waals surface area contributed by atoms with Crippen molar-refractivity contribution in [1.82, 2.24) is 19.7 Å². The lowest BCUT2D eigenvalue weighted by molar-refractivity contribution is 0.338. The summed E-state index contributed by atoms with van der Waals surface area (Å²) in [6.07, 6.45) is 1.93. The van der Waals surface area contributed by atoms with Gasteiger partial charge < -0.3 is 4.98 Å². The summed E-state index contributed by atoms with van der Waals surface area (Å²) in [5.74, 6) is 0.667. The third kappa shape index (κ3) is 1.86. The molecule has 0 aliphatic carbocycles. The maximum atomic E-state index is 11.8. The number of aromatic nitrogens is 4. The van der Waals surface area contributed by atoms with Crippen molar-refractivity contribution in [2.75, 3.05) is 11.5 Å². The molecule has 0 bridgehead atoms. The fourth-order valence-electron chi connectivity index (χ4n) is 2.58.